The molecule has 0 spiro atoms. The molecule has 0 unspecified atom stereocenters. The molecule has 2 aromatic rings. The van der Waals surface area contributed by atoms with E-state index in [1.807, 2.05) is 29.2 Å². The average molecular weight is 405 g/mol. The van der Waals surface area contributed by atoms with Crippen LogP contribution in [-0.4, -0.2) is 41.9 Å². The van der Waals surface area contributed by atoms with Crippen molar-refractivity contribution in [1.82, 2.24) is 9.80 Å². The molecule has 2 saturated heterocycles. The van der Waals surface area contributed by atoms with E-state index in [9.17, 15) is 4.79 Å². The zero-order valence-electron chi connectivity index (χ0n) is 15.0. The fourth-order valence-corrected chi connectivity index (χ4v) is 3.72. The summed E-state index contributed by atoms with van der Waals surface area (Å²) in [5.41, 5.74) is 2.21. The van der Waals surface area contributed by atoms with Gasteiger partial charge in [0, 0.05) is 32.7 Å². The number of hydrogen-bond acceptors (Lipinski definition) is 3. The van der Waals surface area contributed by atoms with Crippen LogP contribution in [0.1, 0.15) is 17.5 Å². The number of halogens is 2. The first-order valence-corrected chi connectivity index (χ1v) is 10.0. The molecule has 0 aromatic heterocycles. The van der Waals surface area contributed by atoms with Gasteiger partial charge in [-0.2, -0.15) is 0 Å². The maximum absolute atomic E-state index is 12.1. The van der Waals surface area contributed by atoms with Crippen molar-refractivity contribution in [3.8, 4) is 5.75 Å². The van der Waals surface area contributed by atoms with Gasteiger partial charge in [-0.25, -0.2) is 0 Å². The van der Waals surface area contributed by atoms with E-state index in [0.29, 0.717) is 22.6 Å². The first-order valence-electron chi connectivity index (χ1n) is 9.25. The summed E-state index contributed by atoms with van der Waals surface area (Å²) in [5, 5.41) is 1.08. The van der Waals surface area contributed by atoms with Gasteiger partial charge in [-0.05, 0) is 41.8 Å². The molecule has 4 nitrogen and oxygen atoms in total. The van der Waals surface area contributed by atoms with Gasteiger partial charge in [-0.3, -0.25) is 9.69 Å². The van der Waals surface area contributed by atoms with Gasteiger partial charge in [0.2, 0.25) is 5.91 Å². The highest BCUT2D eigenvalue weighted by atomic mass is 35.5. The van der Waals surface area contributed by atoms with Crippen LogP contribution in [-0.2, 0) is 17.9 Å². The van der Waals surface area contributed by atoms with Crippen molar-refractivity contribution < 1.29 is 9.53 Å². The molecule has 2 aliphatic rings. The quantitative estimate of drug-likeness (QED) is 0.721. The van der Waals surface area contributed by atoms with E-state index in [1.54, 1.807) is 6.07 Å². The molecule has 6 heteroatoms. The third-order valence-electron chi connectivity index (χ3n) is 5.19. The van der Waals surface area contributed by atoms with E-state index >= 15 is 0 Å². The Hall–Kier alpha value is -1.75. The molecule has 0 bridgehead atoms. The third-order valence-corrected chi connectivity index (χ3v) is 5.93. The van der Waals surface area contributed by atoms with Crippen LogP contribution in [0, 0.1) is 5.92 Å². The molecule has 0 aliphatic carbocycles. The lowest BCUT2D eigenvalue weighted by molar-refractivity contribution is -0.144. The van der Waals surface area contributed by atoms with E-state index in [2.05, 4.69) is 17.0 Å². The molecule has 2 aromatic carbocycles. The van der Waals surface area contributed by atoms with Crippen LogP contribution in [0.2, 0.25) is 10.0 Å². The molecule has 0 radical (unpaired) electrons. The molecule has 0 atom stereocenters. The molecule has 0 N–H and O–H groups in total. The van der Waals surface area contributed by atoms with Gasteiger partial charge in [0.1, 0.15) is 12.4 Å². The number of carbonyl (C=O) groups is 1. The molecule has 4 rings (SSSR count). The number of ether oxygens (including phenoxy) is 1. The Morgan fingerprint density at radius 1 is 1.00 bits per heavy atom. The van der Waals surface area contributed by atoms with Crippen molar-refractivity contribution in [2.24, 2.45) is 5.92 Å². The second kappa shape index (κ2) is 8.09. The van der Waals surface area contributed by atoms with Gasteiger partial charge in [-0.1, -0.05) is 41.4 Å². The minimum absolute atomic E-state index is 0.194. The lowest BCUT2D eigenvalue weighted by Gasteiger charge is -2.43. The number of nitrogens with zero attached hydrogens (tertiary/aromatic N) is 2. The highest BCUT2D eigenvalue weighted by molar-refractivity contribution is 6.42. The SMILES string of the molecule is O=C(C1CN(Cc2ccc(OCc3ccc(Cl)c(Cl)c3)cc2)C1)N1CCC1. The zero-order chi connectivity index (χ0) is 18.8. The summed E-state index contributed by atoms with van der Waals surface area (Å²) in [6, 6.07) is 13.6. The Morgan fingerprint density at radius 3 is 2.33 bits per heavy atom. The van der Waals surface area contributed by atoms with Crippen molar-refractivity contribution in [2.45, 2.75) is 19.6 Å². The largest absolute Gasteiger partial charge is 0.489 e. The summed E-state index contributed by atoms with van der Waals surface area (Å²) < 4.78 is 5.82. The Labute approximate surface area is 169 Å². The summed E-state index contributed by atoms with van der Waals surface area (Å²) >= 11 is 12.0. The normalized spacial score (nSPS) is 17.3. The second-order valence-corrected chi connectivity index (χ2v) is 8.07. The fraction of sp³-hybridized carbons (Fsp3) is 0.381. The van der Waals surface area contributed by atoms with Gasteiger partial charge in [0.25, 0.3) is 0 Å². The zero-order valence-corrected chi connectivity index (χ0v) is 16.5. The van der Waals surface area contributed by atoms with Crippen LogP contribution in [0.15, 0.2) is 42.5 Å². The average Bonchev–Trinajstić information content (AvgIpc) is 2.58. The van der Waals surface area contributed by atoms with Gasteiger partial charge in [0.05, 0.1) is 16.0 Å². The smallest absolute Gasteiger partial charge is 0.228 e. The number of carbonyl (C=O) groups excluding carboxylic acids is 1. The Bertz CT molecular complexity index is 815. The Balaban J connectivity index is 1.23. The highest BCUT2D eigenvalue weighted by Crippen LogP contribution is 2.25. The molecule has 2 fully saturated rings. The number of hydrogen-bond donors (Lipinski definition) is 0. The van der Waals surface area contributed by atoms with E-state index in [4.69, 9.17) is 27.9 Å². The van der Waals surface area contributed by atoms with Gasteiger partial charge in [0.15, 0.2) is 0 Å². The molecule has 27 heavy (non-hydrogen) atoms. The van der Waals surface area contributed by atoms with E-state index in [0.717, 1.165) is 50.5 Å². The number of rotatable bonds is 6. The van der Waals surface area contributed by atoms with Gasteiger partial charge >= 0.3 is 0 Å². The number of likely N-dealkylation sites (tertiary alicyclic amines) is 2. The predicted octanol–water partition coefficient (Wildman–Crippen LogP) is 4.24. The maximum atomic E-state index is 12.1. The van der Waals surface area contributed by atoms with Crippen molar-refractivity contribution in [1.29, 1.82) is 0 Å². The topological polar surface area (TPSA) is 32.8 Å². The molecular formula is C21H22Cl2N2O2. The minimum atomic E-state index is 0.194. The molecule has 2 heterocycles. The summed E-state index contributed by atoms with van der Waals surface area (Å²) in [7, 11) is 0. The van der Waals surface area contributed by atoms with Crippen molar-refractivity contribution in [2.75, 3.05) is 26.2 Å². The summed E-state index contributed by atoms with van der Waals surface area (Å²) in [4.78, 5) is 16.4. The predicted molar refractivity (Wildman–Crippen MR) is 107 cm³/mol. The van der Waals surface area contributed by atoms with Gasteiger partial charge < -0.3 is 9.64 Å². The first kappa shape index (κ1) is 18.6. The Morgan fingerprint density at radius 2 is 1.70 bits per heavy atom. The van der Waals surface area contributed by atoms with E-state index in [1.165, 1.54) is 5.56 Å². The van der Waals surface area contributed by atoms with Gasteiger partial charge in [-0.15, -0.1) is 0 Å². The molecule has 1 amide bonds. The third kappa shape index (κ3) is 4.40. The lowest BCUT2D eigenvalue weighted by Crippen LogP contribution is -2.56. The standard InChI is InChI=1S/C21H22Cl2N2O2/c22-19-7-4-16(10-20(19)23)14-27-18-5-2-15(3-6-18)11-24-12-17(13-24)21(26)25-8-1-9-25/h2-7,10,17H,1,8-9,11-14H2. The molecular weight excluding hydrogens is 383 g/mol. The number of amides is 1. The summed E-state index contributed by atoms with van der Waals surface area (Å²) in [6.07, 6.45) is 1.15. The van der Waals surface area contributed by atoms with Crippen molar-refractivity contribution >= 4 is 29.1 Å². The summed E-state index contributed by atoms with van der Waals surface area (Å²) in [5.74, 6) is 1.35. The fourth-order valence-electron chi connectivity index (χ4n) is 3.40. The van der Waals surface area contributed by atoms with Crippen LogP contribution >= 0.6 is 23.2 Å². The number of benzene rings is 2. The monoisotopic (exact) mass is 404 g/mol. The van der Waals surface area contributed by atoms with Crippen LogP contribution in [0.25, 0.3) is 0 Å². The van der Waals surface area contributed by atoms with E-state index in [-0.39, 0.29) is 5.92 Å². The Kier molecular flexibility index (Phi) is 5.58. The van der Waals surface area contributed by atoms with Crippen LogP contribution in [0.3, 0.4) is 0 Å². The van der Waals surface area contributed by atoms with Crippen LogP contribution < -0.4 is 4.74 Å². The second-order valence-electron chi connectivity index (χ2n) is 7.25. The van der Waals surface area contributed by atoms with Crippen LogP contribution in [0.4, 0.5) is 0 Å². The minimum Gasteiger partial charge on any atom is -0.489 e. The molecule has 142 valence electrons. The first-order chi connectivity index (χ1) is 13.1. The highest BCUT2D eigenvalue weighted by Gasteiger charge is 2.36. The van der Waals surface area contributed by atoms with Crippen molar-refractivity contribution in [3.63, 3.8) is 0 Å². The lowest BCUT2D eigenvalue weighted by atomic mass is 9.96. The van der Waals surface area contributed by atoms with Crippen molar-refractivity contribution in [3.05, 3.63) is 63.6 Å². The molecule has 2 aliphatic heterocycles. The summed E-state index contributed by atoms with van der Waals surface area (Å²) in [6.45, 7) is 4.94. The molecule has 0 saturated carbocycles. The van der Waals surface area contributed by atoms with E-state index < -0.39 is 0 Å². The van der Waals surface area contributed by atoms with Crippen LogP contribution in [0.5, 0.6) is 5.75 Å². The maximum Gasteiger partial charge on any atom is 0.228 e.